The first-order valence-corrected chi connectivity index (χ1v) is 5.05. The van der Waals surface area contributed by atoms with Crippen LogP contribution < -0.4 is 10.1 Å². The lowest BCUT2D eigenvalue weighted by Crippen LogP contribution is -2.08. The fourth-order valence-electron chi connectivity index (χ4n) is 1.36. The molecular formula is C12H14F3NO. The van der Waals surface area contributed by atoms with Gasteiger partial charge in [0.25, 0.3) is 0 Å². The minimum absolute atomic E-state index is 0.133. The number of alkyl halides is 3. The fraction of sp³-hybridized carbons (Fsp3) is 0.333. The number of likely N-dealkylation sites (N-methyl/N-ethyl adjacent to an activating group) is 1. The molecule has 0 unspecified atom stereocenters. The molecule has 1 aromatic carbocycles. The van der Waals surface area contributed by atoms with E-state index in [4.69, 9.17) is 4.74 Å². The Morgan fingerprint density at radius 3 is 2.59 bits per heavy atom. The average Bonchev–Trinajstić information content (AvgIpc) is 2.28. The van der Waals surface area contributed by atoms with Gasteiger partial charge in [0.1, 0.15) is 5.75 Å². The molecule has 0 fully saturated rings. The third kappa shape index (κ3) is 3.78. The Balaban J connectivity index is 3.11. The third-order valence-electron chi connectivity index (χ3n) is 2.19. The van der Waals surface area contributed by atoms with Gasteiger partial charge in [0, 0.05) is 6.54 Å². The summed E-state index contributed by atoms with van der Waals surface area (Å²) in [5, 5.41) is 2.83. The molecule has 0 aromatic heterocycles. The van der Waals surface area contributed by atoms with Crippen molar-refractivity contribution < 1.29 is 17.9 Å². The molecule has 0 aliphatic rings. The van der Waals surface area contributed by atoms with Crippen LogP contribution in [0.25, 0.3) is 6.08 Å². The van der Waals surface area contributed by atoms with E-state index >= 15 is 0 Å². The van der Waals surface area contributed by atoms with E-state index in [0.29, 0.717) is 6.54 Å². The van der Waals surface area contributed by atoms with Gasteiger partial charge in [-0.05, 0) is 24.7 Å². The van der Waals surface area contributed by atoms with Gasteiger partial charge >= 0.3 is 6.18 Å². The quantitative estimate of drug-likeness (QED) is 0.880. The molecule has 0 aliphatic carbocycles. The standard InChI is InChI=1S/C12H14F3NO/c1-16-7-3-4-9-5-6-10(17-2)8-11(9)12(13,14)15/h3-6,8,16H,7H2,1-2H3. The molecule has 0 saturated carbocycles. The Labute approximate surface area is 98.1 Å². The zero-order chi connectivity index (χ0) is 12.9. The molecule has 0 heterocycles. The van der Waals surface area contributed by atoms with Crippen LogP contribution in [0.4, 0.5) is 13.2 Å². The summed E-state index contributed by atoms with van der Waals surface area (Å²) >= 11 is 0. The van der Waals surface area contributed by atoms with Crippen LogP contribution in [-0.2, 0) is 6.18 Å². The maximum absolute atomic E-state index is 12.8. The highest BCUT2D eigenvalue weighted by Gasteiger charge is 2.33. The van der Waals surface area contributed by atoms with Crippen LogP contribution in [-0.4, -0.2) is 20.7 Å². The Hall–Kier alpha value is -1.49. The predicted octanol–water partition coefficient (Wildman–Crippen LogP) is 2.95. The lowest BCUT2D eigenvalue weighted by Gasteiger charge is -2.12. The van der Waals surface area contributed by atoms with Crippen molar-refractivity contribution in [3.63, 3.8) is 0 Å². The van der Waals surface area contributed by atoms with Gasteiger partial charge < -0.3 is 10.1 Å². The molecule has 5 heteroatoms. The van der Waals surface area contributed by atoms with Gasteiger partial charge in [0.15, 0.2) is 0 Å². The van der Waals surface area contributed by atoms with Gasteiger partial charge in [-0.15, -0.1) is 0 Å². The first kappa shape index (κ1) is 13.6. The minimum atomic E-state index is -4.38. The lowest BCUT2D eigenvalue weighted by atomic mass is 10.1. The summed E-state index contributed by atoms with van der Waals surface area (Å²) < 4.78 is 43.1. The van der Waals surface area contributed by atoms with Crippen LogP contribution >= 0.6 is 0 Å². The summed E-state index contributed by atoms with van der Waals surface area (Å²) in [5.74, 6) is 0.197. The smallest absolute Gasteiger partial charge is 0.417 e. The Bertz CT molecular complexity index is 399. The van der Waals surface area contributed by atoms with Gasteiger partial charge in [-0.1, -0.05) is 18.2 Å². The van der Waals surface area contributed by atoms with Crippen molar-refractivity contribution in [2.75, 3.05) is 20.7 Å². The monoisotopic (exact) mass is 245 g/mol. The summed E-state index contributed by atoms with van der Waals surface area (Å²) in [6, 6.07) is 3.90. The van der Waals surface area contributed by atoms with Crippen LogP contribution in [0.15, 0.2) is 24.3 Å². The Morgan fingerprint density at radius 1 is 1.35 bits per heavy atom. The first-order valence-electron chi connectivity index (χ1n) is 5.05. The van der Waals surface area contributed by atoms with Crippen LogP contribution in [0.3, 0.4) is 0 Å². The summed E-state index contributed by atoms with van der Waals surface area (Å²) in [7, 11) is 3.06. The van der Waals surface area contributed by atoms with E-state index in [0.717, 1.165) is 6.07 Å². The number of methoxy groups -OCH3 is 1. The Morgan fingerprint density at radius 2 is 2.06 bits per heavy atom. The number of hydrogen-bond acceptors (Lipinski definition) is 2. The topological polar surface area (TPSA) is 21.3 Å². The van der Waals surface area contributed by atoms with Gasteiger partial charge in [0.05, 0.1) is 12.7 Å². The van der Waals surface area contributed by atoms with E-state index in [1.54, 1.807) is 13.1 Å². The third-order valence-corrected chi connectivity index (χ3v) is 2.19. The first-order chi connectivity index (χ1) is 7.99. The highest BCUT2D eigenvalue weighted by molar-refractivity contribution is 5.56. The van der Waals surface area contributed by atoms with E-state index < -0.39 is 11.7 Å². The second-order valence-corrected chi connectivity index (χ2v) is 3.41. The highest BCUT2D eigenvalue weighted by Crippen LogP contribution is 2.34. The van der Waals surface area contributed by atoms with E-state index in [1.165, 1.54) is 25.3 Å². The molecule has 94 valence electrons. The van der Waals surface area contributed by atoms with E-state index in [1.807, 2.05) is 0 Å². The second kappa shape index (κ2) is 5.72. The number of benzene rings is 1. The molecule has 1 N–H and O–H groups in total. The zero-order valence-corrected chi connectivity index (χ0v) is 9.64. The highest BCUT2D eigenvalue weighted by atomic mass is 19.4. The number of ether oxygens (including phenoxy) is 1. The molecule has 0 atom stereocenters. The second-order valence-electron chi connectivity index (χ2n) is 3.41. The SMILES string of the molecule is CNCC=Cc1ccc(OC)cc1C(F)(F)F. The molecule has 1 rings (SSSR count). The van der Waals surface area contributed by atoms with Crippen molar-refractivity contribution in [1.29, 1.82) is 0 Å². The van der Waals surface area contributed by atoms with Crippen molar-refractivity contribution in [1.82, 2.24) is 5.32 Å². The number of nitrogens with one attached hydrogen (secondary N) is 1. The molecule has 0 radical (unpaired) electrons. The zero-order valence-electron chi connectivity index (χ0n) is 9.64. The van der Waals surface area contributed by atoms with Crippen molar-refractivity contribution in [3.05, 3.63) is 35.4 Å². The molecule has 0 amide bonds. The maximum atomic E-state index is 12.8. The summed E-state index contributed by atoms with van der Waals surface area (Å²) in [4.78, 5) is 0. The van der Waals surface area contributed by atoms with Crippen molar-refractivity contribution in [2.24, 2.45) is 0 Å². The number of halogens is 3. The van der Waals surface area contributed by atoms with Crippen LogP contribution in [0, 0.1) is 0 Å². The number of rotatable bonds is 4. The molecule has 0 saturated heterocycles. The summed E-state index contributed by atoms with van der Waals surface area (Å²) in [6.45, 7) is 0.517. The van der Waals surface area contributed by atoms with Crippen LogP contribution in [0.2, 0.25) is 0 Å². The van der Waals surface area contributed by atoms with Crippen molar-refractivity contribution >= 4 is 6.08 Å². The van der Waals surface area contributed by atoms with Crippen LogP contribution in [0.5, 0.6) is 5.75 Å². The molecule has 0 bridgehead atoms. The summed E-state index contributed by atoms with van der Waals surface area (Å²) in [5.41, 5.74) is -0.558. The average molecular weight is 245 g/mol. The van der Waals surface area contributed by atoms with E-state index in [9.17, 15) is 13.2 Å². The Kier molecular flexibility index (Phi) is 4.57. The molecule has 1 aromatic rings. The fourth-order valence-corrected chi connectivity index (χ4v) is 1.36. The van der Waals surface area contributed by atoms with Crippen molar-refractivity contribution in [3.8, 4) is 5.75 Å². The van der Waals surface area contributed by atoms with Crippen LogP contribution in [0.1, 0.15) is 11.1 Å². The molecular weight excluding hydrogens is 231 g/mol. The molecule has 0 spiro atoms. The minimum Gasteiger partial charge on any atom is -0.497 e. The number of hydrogen-bond donors (Lipinski definition) is 1. The van der Waals surface area contributed by atoms with E-state index in [2.05, 4.69) is 5.32 Å². The normalized spacial score (nSPS) is 12.1. The summed E-state index contributed by atoms with van der Waals surface area (Å²) in [6.07, 6.45) is -1.30. The van der Waals surface area contributed by atoms with Gasteiger partial charge in [-0.2, -0.15) is 13.2 Å². The van der Waals surface area contributed by atoms with Gasteiger partial charge in [0.2, 0.25) is 0 Å². The molecule has 0 aliphatic heterocycles. The molecule has 17 heavy (non-hydrogen) atoms. The van der Waals surface area contributed by atoms with Gasteiger partial charge in [-0.3, -0.25) is 0 Å². The largest absolute Gasteiger partial charge is 0.497 e. The predicted molar refractivity (Wildman–Crippen MR) is 61.0 cm³/mol. The van der Waals surface area contributed by atoms with Gasteiger partial charge in [-0.25, -0.2) is 0 Å². The molecule has 2 nitrogen and oxygen atoms in total. The van der Waals surface area contributed by atoms with E-state index in [-0.39, 0.29) is 11.3 Å². The maximum Gasteiger partial charge on any atom is 0.417 e. The lowest BCUT2D eigenvalue weighted by molar-refractivity contribution is -0.137. The van der Waals surface area contributed by atoms with Crippen molar-refractivity contribution in [2.45, 2.75) is 6.18 Å².